The van der Waals surface area contributed by atoms with Gasteiger partial charge in [0.1, 0.15) is 0 Å². The second kappa shape index (κ2) is 17.8. The zero-order valence-electron chi connectivity index (χ0n) is 16.3. The number of unbranched alkanes of at least 4 members (excludes halogenated alkanes) is 12. The summed E-state index contributed by atoms with van der Waals surface area (Å²) in [5.74, 6) is 0.244. The summed E-state index contributed by atoms with van der Waals surface area (Å²) in [6, 6.07) is 0.342. The van der Waals surface area contributed by atoms with Crippen LogP contribution in [0.25, 0.3) is 0 Å². The van der Waals surface area contributed by atoms with Gasteiger partial charge in [-0.1, -0.05) is 97.3 Å². The summed E-state index contributed by atoms with van der Waals surface area (Å²) in [6.07, 6.45) is 20.6. The van der Waals surface area contributed by atoms with E-state index in [1.165, 1.54) is 77.0 Å². The molecule has 0 fully saturated rings. The molecular formula is C21H43NO. The molecule has 0 aromatic heterocycles. The third-order valence-corrected chi connectivity index (χ3v) is 4.64. The van der Waals surface area contributed by atoms with Crippen molar-refractivity contribution in [2.24, 2.45) is 0 Å². The van der Waals surface area contributed by atoms with Crippen LogP contribution in [-0.4, -0.2) is 11.9 Å². The highest BCUT2D eigenvalue weighted by Gasteiger charge is 2.05. The van der Waals surface area contributed by atoms with Crippen LogP contribution in [0.2, 0.25) is 0 Å². The van der Waals surface area contributed by atoms with Crippen molar-refractivity contribution < 1.29 is 4.79 Å². The summed E-state index contributed by atoms with van der Waals surface area (Å²) in [5.41, 5.74) is 0. The molecule has 0 aliphatic carbocycles. The van der Waals surface area contributed by atoms with Crippen molar-refractivity contribution in [1.29, 1.82) is 0 Å². The van der Waals surface area contributed by atoms with Crippen LogP contribution >= 0.6 is 0 Å². The Labute approximate surface area is 146 Å². The molecule has 1 unspecified atom stereocenters. The second-order valence-electron chi connectivity index (χ2n) is 7.25. The molecule has 0 aliphatic heterocycles. The summed E-state index contributed by atoms with van der Waals surface area (Å²) < 4.78 is 0. The number of carbonyl (C=O) groups excluding carboxylic acids is 1. The van der Waals surface area contributed by atoms with Gasteiger partial charge in [0.25, 0.3) is 0 Å². The van der Waals surface area contributed by atoms with Gasteiger partial charge < -0.3 is 5.32 Å². The lowest BCUT2D eigenvalue weighted by atomic mass is 10.0. The SMILES string of the molecule is CCCCCCCCCCCCCCCC(=O)NC(C)CCC. The van der Waals surface area contributed by atoms with E-state index in [0.717, 1.165) is 19.3 Å². The summed E-state index contributed by atoms with van der Waals surface area (Å²) >= 11 is 0. The van der Waals surface area contributed by atoms with Crippen LogP contribution < -0.4 is 5.32 Å². The first kappa shape index (κ1) is 22.5. The molecule has 138 valence electrons. The molecule has 0 aromatic rings. The Bertz CT molecular complexity index is 252. The molecule has 23 heavy (non-hydrogen) atoms. The van der Waals surface area contributed by atoms with E-state index in [1.807, 2.05) is 0 Å². The highest BCUT2D eigenvalue weighted by atomic mass is 16.1. The van der Waals surface area contributed by atoms with Gasteiger partial charge in [0, 0.05) is 12.5 Å². The summed E-state index contributed by atoms with van der Waals surface area (Å²) in [5, 5.41) is 3.09. The predicted octanol–water partition coefficient (Wildman–Crippen LogP) is 6.77. The van der Waals surface area contributed by atoms with Gasteiger partial charge >= 0.3 is 0 Å². The van der Waals surface area contributed by atoms with Crippen molar-refractivity contribution in [3.05, 3.63) is 0 Å². The quantitative estimate of drug-likeness (QED) is 0.294. The minimum atomic E-state index is 0.244. The highest BCUT2D eigenvalue weighted by molar-refractivity contribution is 5.76. The molecule has 0 spiro atoms. The fourth-order valence-electron chi connectivity index (χ4n) is 3.16. The van der Waals surface area contributed by atoms with E-state index in [0.29, 0.717) is 12.5 Å². The van der Waals surface area contributed by atoms with E-state index in [9.17, 15) is 4.79 Å². The van der Waals surface area contributed by atoms with Crippen molar-refractivity contribution in [2.75, 3.05) is 0 Å². The Morgan fingerprint density at radius 1 is 0.696 bits per heavy atom. The lowest BCUT2D eigenvalue weighted by Crippen LogP contribution is -2.32. The molecule has 0 heterocycles. The van der Waals surface area contributed by atoms with Gasteiger partial charge in [0.2, 0.25) is 5.91 Å². The lowest BCUT2D eigenvalue weighted by molar-refractivity contribution is -0.121. The average molecular weight is 326 g/mol. The maximum Gasteiger partial charge on any atom is 0.220 e. The molecule has 2 nitrogen and oxygen atoms in total. The van der Waals surface area contributed by atoms with Crippen molar-refractivity contribution in [2.45, 2.75) is 130 Å². The van der Waals surface area contributed by atoms with E-state index >= 15 is 0 Å². The summed E-state index contributed by atoms with van der Waals surface area (Å²) in [7, 11) is 0. The van der Waals surface area contributed by atoms with Gasteiger partial charge in [0.05, 0.1) is 0 Å². The molecule has 1 amide bonds. The first-order valence-electron chi connectivity index (χ1n) is 10.5. The van der Waals surface area contributed by atoms with Crippen molar-refractivity contribution in [3.63, 3.8) is 0 Å². The molecule has 0 aliphatic rings. The van der Waals surface area contributed by atoms with E-state index in [1.54, 1.807) is 0 Å². The number of hydrogen-bond donors (Lipinski definition) is 1. The molecule has 1 N–H and O–H groups in total. The maximum absolute atomic E-state index is 11.7. The van der Waals surface area contributed by atoms with Crippen LogP contribution in [0.4, 0.5) is 0 Å². The van der Waals surface area contributed by atoms with Gasteiger partial charge in [-0.05, 0) is 19.8 Å². The first-order chi connectivity index (χ1) is 11.2. The van der Waals surface area contributed by atoms with Crippen LogP contribution in [0.5, 0.6) is 0 Å². The number of hydrogen-bond acceptors (Lipinski definition) is 1. The largest absolute Gasteiger partial charge is 0.354 e. The smallest absolute Gasteiger partial charge is 0.220 e. The average Bonchev–Trinajstić information content (AvgIpc) is 2.52. The van der Waals surface area contributed by atoms with Gasteiger partial charge in [-0.15, -0.1) is 0 Å². The van der Waals surface area contributed by atoms with Crippen molar-refractivity contribution in [3.8, 4) is 0 Å². The maximum atomic E-state index is 11.7. The molecule has 0 saturated heterocycles. The minimum Gasteiger partial charge on any atom is -0.354 e. The fourth-order valence-corrected chi connectivity index (χ4v) is 3.16. The Kier molecular flexibility index (Phi) is 17.4. The minimum absolute atomic E-state index is 0.244. The monoisotopic (exact) mass is 325 g/mol. The molecule has 2 heteroatoms. The van der Waals surface area contributed by atoms with Crippen LogP contribution in [-0.2, 0) is 4.79 Å². The van der Waals surface area contributed by atoms with Crippen molar-refractivity contribution >= 4 is 5.91 Å². The normalized spacial score (nSPS) is 12.3. The van der Waals surface area contributed by atoms with E-state index in [4.69, 9.17) is 0 Å². The molecular weight excluding hydrogens is 282 g/mol. The van der Waals surface area contributed by atoms with Gasteiger partial charge in [-0.25, -0.2) is 0 Å². The zero-order valence-corrected chi connectivity index (χ0v) is 16.3. The first-order valence-corrected chi connectivity index (χ1v) is 10.5. The summed E-state index contributed by atoms with van der Waals surface area (Å²) in [6.45, 7) is 6.54. The van der Waals surface area contributed by atoms with Crippen molar-refractivity contribution in [1.82, 2.24) is 5.32 Å². The van der Waals surface area contributed by atoms with Crippen LogP contribution in [0.1, 0.15) is 124 Å². The number of carbonyl (C=O) groups is 1. The topological polar surface area (TPSA) is 29.1 Å². The molecule has 0 radical (unpaired) electrons. The number of amides is 1. The zero-order chi connectivity index (χ0) is 17.2. The molecule has 0 rings (SSSR count). The Hall–Kier alpha value is -0.530. The second-order valence-corrected chi connectivity index (χ2v) is 7.25. The Balaban J connectivity index is 3.17. The molecule has 1 atom stereocenters. The van der Waals surface area contributed by atoms with Crippen LogP contribution in [0, 0.1) is 0 Å². The van der Waals surface area contributed by atoms with E-state index < -0.39 is 0 Å². The third-order valence-electron chi connectivity index (χ3n) is 4.64. The van der Waals surface area contributed by atoms with Gasteiger partial charge in [-0.2, -0.15) is 0 Å². The lowest BCUT2D eigenvalue weighted by Gasteiger charge is -2.12. The van der Waals surface area contributed by atoms with Gasteiger partial charge in [0.15, 0.2) is 0 Å². The summed E-state index contributed by atoms with van der Waals surface area (Å²) in [4.78, 5) is 11.7. The molecule has 0 saturated carbocycles. The van der Waals surface area contributed by atoms with Gasteiger partial charge in [-0.3, -0.25) is 4.79 Å². The van der Waals surface area contributed by atoms with E-state index in [-0.39, 0.29) is 5.91 Å². The number of rotatable bonds is 17. The van der Waals surface area contributed by atoms with E-state index in [2.05, 4.69) is 26.1 Å². The molecule has 0 bridgehead atoms. The number of nitrogens with one attached hydrogen (secondary N) is 1. The van der Waals surface area contributed by atoms with Crippen LogP contribution in [0.15, 0.2) is 0 Å². The fraction of sp³-hybridized carbons (Fsp3) is 0.952. The Morgan fingerprint density at radius 3 is 1.57 bits per heavy atom. The van der Waals surface area contributed by atoms with Crippen LogP contribution in [0.3, 0.4) is 0 Å². The molecule has 0 aromatic carbocycles. The third kappa shape index (κ3) is 17.7. The Morgan fingerprint density at radius 2 is 1.13 bits per heavy atom. The predicted molar refractivity (Wildman–Crippen MR) is 103 cm³/mol. The standard InChI is InChI=1S/C21H43NO/c1-4-6-7-8-9-10-11-12-13-14-15-16-17-19-21(23)22-20(3)18-5-2/h20H,4-19H2,1-3H3,(H,22,23). The highest BCUT2D eigenvalue weighted by Crippen LogP contribution is 2.13.